The fourth-order valence-corrected chi connectivity index (χ4v) is 3.27. The summed E-state index contributed by atoms with van der Waals surface area (Å²) >= 11 is 6.10. The van der Waals surface area contributed by atoms with Crippen molar-refractivity contribution >= 4 is 34.1 Å². The Kier molecular flexibility index (Phi) is 5.91. The van der Waals surface area contributed by atoms with Crippen molar-refractivity contribution in [1.82, 2.24) is 10.3 Å². The van der Waals surface area contributed by atoms with Crippen LogP contribution in [0.5, 0.6) is 17.2 Å². The van der Waals surface area contributed by atoms with Crippen LogP contribution in [0.2, 0.25) is 5.02 Å². The Morgan fingerprint density at radius 3 is 2.61 bits per heavy atom. The van der Waals surface area contributed by atoms with Crippen molar-refractivity contribution in [3.05, 3.63) is 89.1 Å². The minimum atomic E-state index is -0.268. The molecule has 1 aromatic heterocycles. The molecular formula is C24H20ClN3O3. The first-order valence-corrected chi connectivity index (χ1v) is 9.97. The number of hydrogen-bond donors (Lipinski definition) is 2. The molecule has 0 saturated carbocycles. The quantitative estimate of drug-likeness (QED) is 0.408. The van der Waals surface area contributed by atoms with Crippen molar-refractivity contribution in [2.45, 2.75) is 6.61 Å². The second-order valence-corrected chi connectivity index (χ2v) is 7.22. The van der Waals surface area contributed by atoms with Crippen molar-refractivity contribution < 1.29 is 14.3 Å². The lowest BCUT2D eigenvalue weighted by atomic mass is 10.1. The van der Waals surface area contributed by atoms with Crippen LogP contribution in [0.1, 0.15) is 15.9 Å². The summed E-state index contributed by atoms with van der Waals surface area (Å²) in [5, 5.41) is 3.72. The molecule has 3 aromatic carbocycles. The Hall–Kier alpha value is -3.77. The topological polar surface area (TPSA) is 86.5 Å². The van der Waals surface area contributed by atoms with Gasteiger partial charge in [-0.1, -0.05) is 41.9 Å². The summed E-state index contributed by atoms with van der Waals surface area (Å²) in [5.74, 6) is 1.23. The average molecular weight is 434 g/mol. The predicted molar refractivity (Wildman–Crippen MR) is 122 cm³/mol. The molecule has 7 heteroatoms. The molecule has 1 heterocycles. The molecule has 0 aliphatic heterocycles. The molecule has 0 fully saturated rings. The summed E-state index contributed by atoms with van der Waals surface area (Å²) < 4.78 is 12.0. The number of benzene rings is 3. The lowest BCUT2D eigenvalue weighted by Gasteiger charge is -2.14. The minimum Gasteiger partial charge on any atom is -0.488 e. The third kappa shape index (κ3) is 4.54. The maximum atomic E-state index is 12.6. The van der Waals surface area contributed by atoms with E-state index in [9.17, 15) is 4.79 Å². The van der Waals surface area contributed by atoms with Crippen LogP contribution in [0.4, 0.5) is 5.69 Å². The van der Waals surface area contributed by atoms with Gasteiger partial charge in [-0.25, -0.2) is 0 Å². The van der Waals surface area contributed by atoms with Crippen LogP contribution in [-0.4, -0.2) is 17.9 Å². The third-order valence-corrected chi connectivity index (χ3v) is 5.04. The Morgan fingerprint density at radius 2 is 1.87 bits per heavy atom. The molecule has 1 amide bonds. The molecule has 0 aliphatic carbocycles. The van der Waals surface area contributed by atoms with Crippen LogP contribution < -0.4 is 20.5 Å². The van der Waals surface area contributed by atoms with Gasteiger partial charge in [-0.3, -0.25) is 9.78 Å². The maximum Gasteiger partial charge on any atom is 0.254 e. The molecule has 31 heavy (non-hydrogen) atoms. The van der Waals surface area contributed by atoms with Gasteiger partial charge in [-0.05, 0) is 29.8 Å². The van der Waals surface area contributed by atoms with Gasteiger partial charge in [0.25, 0.3) is 5.91 Å². The monoisotopic (exact) mass is 433 g/mol. The molecular weight excluding hydrogens is 414 g/mol. The smallest absolute Gasteiger partial charge is 0.254 e. The van der Waals surface area contributed by atoms with Gasteiger partial charge in [0.15, 0.2) is 0 Å². The molecule has 0 bridgehead atoms. The van der Waals surface area contributed by atoms with Crippen LogP contribution in [-0.2, 0) is 6.61 Å². The summed E-state index contributed by atoms with van der Waals surface area (Å²) in [4.78, 5) is 17.0. The third-order valence-electron chi connectivity index (χ3n) is 4.71. The van der Waals surface area contributed by atoms with E-state index in [0.717, 1.165) is 5.56 Å². The van der Waals surface area contributed by atoms with Crippen molar-refractivity contribution in [3.63, 3.8) is 0 Å². The van der Waals surface area contributed by atoms with E-state index in [0.29, 0.717) is 51.0 Å². The van der Waals surface area contributed by atoms with Gasteiger partial charge in [0.2, 0.25) is 0 Å². The Morgan fingerprint density at radius 1 is 1.06 bits per heavy atom. The number of carbonyl (C=O) groups is 1. The van der Waals surface area contributed by atoms with Gasteiger partial charge in [-0.2, -0.15) is 0 Å². The van der Waals surface area contributed by atoms with E-state index < -0.39 is 0 Å². The summed E-state index contributed by atoms with van der Waals surface area (Å²) in [7, 11) is 1.57. The van der Waals surface area contributed by atoms with Crippen LogP contribution in [0.25, 0.3) is 10.9 Å². The zero-order chi connectivity index (χ0) is 21.8. The number of ether oxygens (including phenoxy) is 2. The Balaban J connectivity index is 1.72. The van der Waals surface area contributed by atoms with Crippen molar-refractivity contribution in [2.75, 3.05) is 12.8 Å². The van der Waals surface area contributed by atoms with Crippen LogP contribution in [0, 0.1) is 0 Å². The van der Waals surface area contributed by atoms with Gasteiger partial charge in [-0.15, -0.1) is 0 Å². The standard InChI is InChI=1S/C24H20ClN3O3/c1-27-24(29)18-12-17-21(13-23(18)30-14-15-5-3-2-4-6-15)28-10-9-22(17)31-16-7-8-20(26)19(25)11-16/h2-13H,14,26H2,1H3,(H,27,29). The number of nitrogens with zero attached hydrogens (tertiary/aromatic N) is 1. The number of rotatable bonds is 6. The summed E-state index contributed by atoms with van der Waals surface area (Å²) in [6.07, 6.45) is 1.64. The normalized spacial score (nSPS) is 10.6. The molecule has 0 spiro atoms. The van der Waals surface area contributed by atoms with E-state index in [1.54, 1.807) is 49.6 Å². The first kappa shape index (κ1) is 20.5. The number of anilines is 1. The number of fused-ring (bicyclic) bond motifs is 1. The van der Waals surface area contributed by atoms with E-state index in [2.05, 4.69) is 10.3 Å². The summed E-state index contributed by atoms with van der Waals surface area (Å²) in [6.45, 7) is 0.330. The van der Waals surface area contributed by atoms with Crippen LogP contribution in [0.15, 0.2) is 72.9 Å². The fourth-order valence-electron chi connectivity index (χ4n) is 3.10. The summed E-state index contributed by atoms with van der Waals surface area (Å²) in [5.41, 5.74) is 8.26. The van der Waals surface area contributed by atoms with Crippen molar-refractivity contribution in [1.29, 1.82) is 0 Å². The molecule has 0 atom stereocenters. The first-order valence-electron chi connectivity index (χ1n) is 9.59. The van der Waals surface area contributed by atoms with Gasteiger partial charge in [0, 0.05) is 30.8 Å². The van der Waals surface area contributed by atoms with E-state index in [-0.39, 0.29) is 5.91 Å². The second-order valence-electron chi connectivity index (χ2n) is 6.81. The molecule has 0 radical (unpaired) electrons. The highest BCUT2D eigenvalue weighted by atomic mass is 35.5. The minimum absolute atomic E-state index is 0.268. The van der Waals surface area contributed by atoms with Crippen LogP contribution in [0.3, 0.4) is 0 Å². The molecule has 156 valence electrons. The number of nitrogens with one attached hydrogen (secondary N) is 1. The number of nitrogens with two attached hydrogens (primary N) is 1. The Labute approximate surface area is 184 Å². The fraction of sp³-hybridized carbons (Fsp3) is 0.0833. The molecule has 4 rings (SSSR count). The largest absolute Gasteiger partial charge is 0.488 e. The van der Waals surface area contributed by atoms with E-state index in [1.165, 1.54) is 0 Å². The highest BCUT2D eigenvalue weighted by molar-refractivity contribution is 6.33. The zero-order valence-corrected chi connectivity index (χ0v) is 17.5. The molecule has 0 unspecified atom stereocenters. The van der Waals surface area contributed by atoms with Crippen molar-refractivity contribution in [3.8, 4) is 17.2 Å². The second kappa shape index (κ2) is 8.93. The maximum absolute atomic E-state index is 12.6. The van der Waals surface area contributed by atoms with Gasteiger partial charge in [0.1, 0.15) is 23.9 Å². The number of pyridine rings is 1. The number of hydrogen-bond acceptors (Lipinski definition) is 5. The Bertz CT molecular complexity index is 1250. The number of aromatic nitrogens is 1. The molecule has 4 aromatic rings. The van der Waals surface area contributed by atoms with Crippen molar-refractivity contribution in [2.24, 2.45) is 0 Å². The number of amides is 1. The highest BCUT2D eigenvalue weighted by Crippen LogP contribution is 2.35. The number of carbonyl (C=O) groups excluding carboxylic acids is 1. The lowest BCUT2D eigenvalue weighted by Crippen LogP contribution is -2.19. The molecule has 0 aliphatic rings. The SMILES string of the molecule is CNC(=O)c1cc2c(Oc3ccc(N)c(Cl)c3)ccnc2cc1OCc1ccccc1. The molecule has 3 N–H and O–H groups in total. The summed E-state index contributed by atoms with van der Waals surface area (Å²) in [6, 6.07) is 20.0. The lowest BCUT2D eigenvalue weighted by molar-refractivity contribution is 0.0959. The number of halogens is 1. The van der Waals surface area contributed by atoms with E-state index in [4.69, 9.17) is 26.8 Å². The van der Waals surface area contributed by atoms with E-state index >= 15 is 0 Å². The molecule has 0 saturated heterocycles. The first-order chi connectivity index (χ1) is 15.0. The van der Waals surface area contributed by atoms with E-state index in [1.807, 2.05) is 30.3 Å². The van der Waals surface area contributed by atoms with Gasteiger partial charge >= 0.3 is 0 Å². The van der Waals surface area contributed by atoms with Gasteiger partial charge in [0.05, 0.1) is 21.8 Å². The van der Waals surface area contributed by atoms with Crippen LogP contribution >= 0.6 is 11.6 Å². The number of nitrogen functional groups attached to an aromatic ring is 1. The average Bonchev–Trinajstić information content (AvgIpc) is 2.80. The zero-order valence-electron chi connectivity index (χ0n) is 16.8. The predicted octanol–water partition coefficient (Wildman–Crippen LogP) is 5.20. The highest BCUT2D eigenvalue weighted by Gasteiger charge is 2.16. The van der Waals surface area contributed by atoms with Gasteiger partial charge < -0.3 is 20.5 Å². The molecule has 6 nitrogen and oxygen atoms in total.